The van der Waals surface area contributed by atoms with Crippen molar-refractivity contribution < 1.29 is 0 Å². The number of aromatic amines is 1. The standard InChI is InChI=1S/C12H19N5/c1-9(2)17-8-13-6-12(17)7-14-10(3)11-4-15-16-5-11/h4-6,8-10,14H,7H2,1-3H3,(H,15,16). The highest BCUT2D eigenvalue weighted by atomic mass is 15.1. The lowest BCUT2D eigenvalue weighted by molar-refractivity contribution is 0.518. The van der Waals surface area contributed by atoms with Crippen molar-refractivity contribution in [3.05, 3.63) is 36.2 Å². The van der Waals surface area contributed by atoms with Crippen LogP contribution in [0.4, 0.5) is 0 Å². The molecule has 1 atom stereocenters. The van der Waals surface area contributed by atoms with Crippen molar-refractivity contribution in [1.29, 1.82) is 0 Å². The monoisotopic (exact) mass is 233 g/mol. The third kappa shape index (κ3) is 2.74. The van der Waals surface area contributed by atoms with Crippen LogP contribution in [0.5, 0.6) is 0 Å². The van der Waals surface area contributed by atoms with Gasteiger partial charge in [0.15, 0.2) is 0 Å². The molecule has 0 aliphatic rings. The average molecular weight is 233 g/mol. The lowest BCUT2D eigenvalue weighted by atomic mass is 10.2. The van der Waals surface area contributed by atoms with Crippen LogP contribution in [-0.4, -0.2) is 19.7 Å². The van der Waals surface area contributed by atoms with E-state index in [-0.39, 0.29) is 6.04 Å². The van der Waals surface area contributed by atoms with E-state index in [9.17, 15) is 0 Å². The van der Waals surface area contributed by atoms with E-state index in [1.54, 1.807) is 0 Å². The fourth-order valence-electron chi connectivity index (χ4n) is 1.81. The Bertz CT molecular complexity index is 443. The van der Waals surface area contributed by atoms with Crippen LogP contribution in [0.15, 0.2) is 24.9 Å². The van der Waals surface area contributed by atoms with Crippen LogP contribution in [0.3, 0.4) is 0 Å². The molecule has 2 N–H and O–H groups in total. The van der Waals surface area contributed by atoms with Gasteiger partial charge in [-0.05, 0) is 20.8 Å². The fourth-order valence-corrected chi connectivity index (χ4v) is 1.81. The van der Waals surface area contributed by atoms with Gasteiger partial charge in [0.1, 0.15) is 0 Å². The van der Waals surface area contributed by atoms with Crippen LogP contribution in [0.25, 0.3) is 0 Å². The molecule has 0 aromatic carbocycles. The van der Waals surface area contributed by atoms with Crippen LogP contribution in [-0.2, 0) is 6.54 Å². The maximum Gasteiger partial charge on any atom is 0.0951 e. The number of nitrogens with zero attached hydrogens (tertiary/aromatic N) is 3. The molecule has 0 saturated heterocycles. The minimum absolute atomic E-state index is 0.282. The Morgan fingerprint density at radius 1 is 1.35 bits per heavy atom. The zero-order chi connectivity index (χ0) is 12.3. The molecule has 92 valence electrons. The van der Waals surface area contributed by atoms with Crippen LogP contribution < -0.4 is 5.32 Å². The number of hydrogen-bond donors (Lipinski definition) is 2. The number of hydrogen-bond acceptors (Lipinski definition) is 3. The predicted octanol–water partition coefficient (Wildman–Crippen LogP) is 2.04. The third-order valence-corrected chi connectivity index (χ3v) is 2.91. The van der Waals surface area contributed by atoms with Crippen LogP contribution in [0, 0.1) is 0 Å². The Balaban J connectivity index is 1.96. The van der Waals surface area contributed by atoms with Gasteiger partial charge in [-0.1, -0.05) is 0 Å². The Kier molecular flexibility index (Phi) is 3.58. The van der Waals surface area contributed by atoms with Crippen molar-refractivity contribution in [3.63, 3.8) is 0 Å². The first-order valence-corrected chi connectivity index (χ1v) is 5.91. The van der Waals surface area contributed by atoms with Gasteiger partial charge in [0, 0.05) is 36.6 Å². The summed E-state index contributed by atoms with van der Waals surface area (Å²) in [5.74, 6) is 0. The highest BCUT2D eigenvalue weighted by Gasteiger charge is 2.09. The maximum absolute atomic E-state index is 4.19. The number of rotatable bonds is 5. The molecule has 2 heterocycles. The molecule has 2 rings (SSSR count). The van der Waals surface area contributed by atoms with Crippen LogP contribution in [0.1, 0.15) is 44.1 Å². The van der Waals surface area contributed by atoms with Gasteiger partial charge in [0.05, 0.1) is 18.2 Å². The highest BCUT2D eigenvalue weighted by Crippen LogP contribution is 2.12. The molecule has 5 heteroatoms. The largest absolute Gasteiger partial charge is 0.331 e. The zero-order valence-corrected chi connectivity index (χ0v) is 10.5. The molecule has 2 aromatic rings. The first-order chi connectivity index (χ1) is 8.18. The van der Waals surface area contributed by atoms with E-state index in [0.717, 1.165) is 6.54 Å². The van der Waals surface area contributed by atoms with Gasteiger partial charge in [0.2, 0.25) is 0 Å². The molecule has 0 spiro atoms. The van der Waals surface area contributed by atoms with E-state index in [1.807, 2.05) is 24.9 Å². The summed E-state index contributed by atoms with van der Waals surface area (Å²) in [4.78, 5) is 4.19. The summed E-state index contributed by atoms with van der Waals surface area (Å²) in [5.41, 5.74) is 2.37. The molecule has 17 heavy (non-hydrogen) atoms. The normalized spacial score (nSPS) is 13.2. The average Bonchev–Trinajstić information content (AvgIpc) is 2.96. The number of aromatic nitrogens is 4. The Morgan fingerprint density at radius 3 is 2.82 bits per heavy atom. The minimum atomic E-state index is 0.282. The van der Waals surface area contributed by atoms with E-state index < -0.39 is 0 Å². The van der Waals surface area contributed by atoms with Crippen molar-refractivity contribution in [1.82, 2.24) is 25.1 Å². The van der Waals surface area contributed by atoms with E-state index in [2.05, 4.69) is 45.8 Å². The summed E-state index contributed by atoms with van der Waals surface area (Å²) in [5, 5.41) is 10.2. The third-order valence-electron chi connectivity index (χ3n) is 2.91. The summed E-state index contributed by atoms with van der Waals surface area (Å²) >= 11 is 0. The molecule has 2 aromatic heterocycles. The van der Waals surface area contributed by atoms with Gasteiger partial charge >= 0.3 is 0 Å². The summed E-state index contributed by atoms with van der Waals surface area (Å²) in [7, 11) is 0. The Hall–Kier alpha value is -1.62. The molecule has 0 amide bonds. The van der Waals surface area contributed by atoms with E-state index in [0.29, 0.717) is 6.04 Å². The fraction of sp³-hybridized carbons (Fsp3) is 0.500. The molecular weight excluding hydrogens is 214 g/mol. The molecular formula is C12H19N5. The van der Waals surface area contributed by atoms with Gasteiger partial charge in [-0.3, -0.25) is 5.10 Å². The van der Waals surface area contributed by atoms with Gasteiger partial charge in [0.25, 0.3) is 0 Å². The van der Waals surface area contributed by atoms with Gasteiger partial charge in [-0.2, -0.15) is 5.10 Å². The SMILES string of the molecule is CC(NCc1cncn1C(C)C)c1cn[nH]c1. The Labute approximate surface area is 101 Å². The second-order valence-corrected chi connectivity index (χ2v) is 4.52. The minimum Gasteiger partial charge on any atom is -0.331 e. The second-order valence-electron chi connectivity index (χ2n) is 4.52. The quantitative estimate of drug-likeness (QED) is 0.830. The van der Waals surface area contributed by atoms with Crippen molar-refractivity contribution in [2.24, 2.45) is 0 Å². The Morgan fingerprint density at radius 2 is 2.18 bits per heavy atom. The van der Waals surface area contributed by atoms with E-state index in [1.165, 1.54) is 11.3 Å². The van der Waals surface area contributed by atoms with E-state index in [4.69, 9.17) is 0 Å². The molecule has 0 radical (unpaired) electrons. The molecule has 1 unspecified atom stereocenters. The smallest absolute Gasteiger partial charge is 0.0951 e. The molecule has 0 saturated carbocycles. The number of nitrogens with one attached hydrogen (secondary N) is 2. The lowest BCUT2D eigenvalue weighted by Crippen LogP contribution is -2.20. The first-order valence-electron chi connectivity index (χ1n) is 5.91. The highest BCUT2D eigenvalue weighted by molar-refractivity contribution is 5.09. The van der Waals surface area contributed by atoms with Crippen molar-refractivity contribution in [2.45, 2.75) is 39.4 Å². The number of H-pyrrole nitrogens is 1. The second kappa shape index (κ2) is 5.14. The van der Waals surface area contributed by atoms with Crippen molar-refractivity contribution in [2.75, 3.05) is 0 Å². The molecule has 5 nitrogen and oxygen atoms in total. The van der Waals surface area contributed by atoms with E-state index >= 15 is 0 Å². The van der Waals surface area contributed by atoms with Crippen molar-refractivity contribution >= 4 is 0 Å². The summed E-state index contributed by atoms with van der Waals surface area (Å²) in [6.07, 6.45) is 7.55. The number of imidazole rings is 1. The summed E-state index contributed by atoms with van der Waals surface area (Å²) < 4.78 is 2.18. The topological polar surface area (TPSA) is 58.5 Å². The zero-order valence-electron chi connectivity index (χ0n) is 10.5. The van der Waals surface area contributed by atoms with Gasteiger partial charge in [-0.15, -0.1) is 0 Å². The first kappa shape index (κ1) is 11.9. The van der Waals surface area contributed by atoms with Gasteiger partial charge < -0.3 is 9.88 Å². The molecule has 0 bridgehead atoms. The van der Waals surface area contributed by atoms with Gasteiger partial charge in [-0.25, -0.2) is 4.98 Å². The summed E-state index contributed by atoms with van der Waals surface area (Å²) in [6, 6.07) is 0.725. The summed E-state index contributed by atoms with van der Waals surface area (Å²) in [6.45, 7) is 7.25. The maximum atomic E-state index is 4.19. The lowest BCUT2D eigenvalue weighted by Gasteiger charge is -2.15. The molecule has 0 fully saturated rings. The van der Waals surface area contributed by atoms with Crippen LogP contribution in [0.2, 0.25) is 0 Å². The molecule has 0 aliphatic heterocycles. The molecule has 0 aliphatic carbocycles. The van der Waals surface area contributed by atoms with Crippen molar-refractivity contribution in [3.8, 4) is 0 Å². The van der Waals surface area contributed by atoms with Crippen LogP contribution >= 0.6 is 0 Å². The predicted molar refractivity (Wildman–Crippen MR) is 66.5 cm³/mol.